The van der Waals surface area contributed by atoms with Gasteiger partial charge in [-0.05, 0) is 30.3 Å². The van der Waals surface area contributed by atoms with Crippen LogP contribution in [-0.4, -0.2) is 41.7 Å². The third-order valence-corrected chi connectivity index (χ3v) is 3.99. The van der Waals surface area contributed by atoms with Crippen molar-refractivity contribution in [2.24, 2.45) is 0 Å². The van der Waals surface area contributed by atoms with E-state index in [1.165, 1.54) is 24.5 Å². The molecule has 0 atom stereocenters. The van der Waals surface area contributed by atoms with Gasteiger partial charge in [-0.2, -0.15) is 5.26 Å². The Labute approximate surface area is 159 Å². The number of hydrogen-bond donors (Lipinski definition) is 1. The van der Waals surface area contributed by atoms with Gasteiger partial charge in [0.05, 0.1) is 42.0 Å². The van der Waals surface area contributed by atoms with E-state index in [1.807, 2.05) is 6.07 Å². The maximum atomic E-state index is 12.5. The molecule has 0 radical (unpaired) electrons. The highest BCUT2D eigenvalue weighted by Gasteiger charge is 2.36. The highest BCUT2D eigenvalue weighted by Crippen LogP contribution is 2.26. The number of esters is 1. The van der Waals surface area contributed by atoms with Crippen LogP contribution >= 0.6 is 0 Å². The lowest BCUT2D eigenvalue weighted by molar-refractivity contribution is -0.124. The number of nitrogens with zero attached hydrogens (tertiary/aromatic N) is 2. The van der Waals surface area contributed by atoms with Crippen molar-refractivity contribution in [2.75, 3.05) is 13.2 Å². The van der Waals surface area contributed by atoms with Gasteiger partial charge in [-0.1, -0.05) is 0 Å². The third kappa shape index (κ3) is 3.91. The van der Waals surface area contributed by atoms with Crippen LogP contribution in [0.5, 0.6) is 0 Å². The van der Waals surface area contributed by atoms with Gasteiger partial charge in [-0.25, -0.2) is 4.79 Å². The first kappa shape index (κ1) is 18.8. The molecule has 9 heteroatoms. The first-order chi connectivity index (χ1) is 13.5. The molecule has 0 bridgehead atoms. The van der Waals surface area contributed by atoms with Crippen LogP contribution in [0.1, 0.15) is 43.3 Å². The molecule has 0 saturated heterocycles. The number of amides is 3. The lowest BCUT2D eigenvalue weighted by Gasteiger charge is -2.11. The number of nitrogens with one attached hydrogen (secondary N) is 1. The maximum absolute atomic E-state index is 12.5. The number of nitriles is 1. The number of benzene rings is 1. The molecule has 9 nitrogen and oxygen atoms in total. The van der Waals surface area contributed by atoms with Crippen LogP contribution in [0.3, 0.4) is 0 Å². The van der Waals surface area contributed by atoms with Gasteiger partial charge < -0.3 is 14.5 Å². The molecule has 2 aromatic rings. The van der Waals surface area contributed by atoms with Crippen LogP contribution in [-0.2, 0) is 16.1 Å². The predicted molar refractivity (Wildman–Crippen MR) is 92.9 cm³/mol. The van der Waals surface area contributed by atoms with Gasteiger partial charge in [-0.15, -0.1) is 0 Å². The largest absolute Gasteiger partial charge is 0.467 e. The molecule has 0 saturated carbocycles. The molecular weight excluding hydrogens is 366 g/mol. The van der Waals surface area contributed by atoms with Crippen LogP contribution in [0.25, 0.3) is 0 Å². The van der Waals surface area contributed by atoms with Crippen molar-refractivity contribution in [3.05, 3.63) is 59.0 Å². The summed E-state index contributed by atoms with van der Waals surface area (Å²) in [5, 5.41) is 10.8. The highest BCUT2D eigenvalue weighted by atomic mass is 16.5. The average molecular weight is 381 g/mol. The Hall–Kier alpha value is -3.93. The molecule has 1 aromatic heterocycles. The first-order valence-corrected chi connectivity index (χ1v) is 8.34. The summed E-state index contributed by atoms with van der Waals surface area (Å²) < 4.78 is 10.1. The van der Waals surface area contributed by atoms with Crippen molar-refractivity contribution in [3.63, 3.8) is 0 Å². The fraction of sp³-hybridized carbons (Fsp3) is 0.211. The zero-order chi connectivity index (χ0) is 20.1. The van der Waals surface area contributed by atoms with E-state index in [0.29, 0.717) is 5.76 Å². The van der Waals surface area contributed by atoms with Crippen LogP contribution in [0.15, 0.2) is 41.0 Å². The minimum absolute atomic E-state index is 0.0119. The summed E-state index contributed by atoms with van der Waals surface area (Å²) in [6.07, 6.45) is 1.59. The van der Waals surface area contributed by atoms with E-state index < -0.39 is 30.3 Å². The number of fused-ring (bicyclic) bond motifs is 1. The van der Waals surface area contributed by atoms with Gasteiger partial charge in [0, 0.05) is 6.54 Å². The lowest BCUT2D eigenvalue weighted by Crippen LogP contribution is -2.29. The molecule has 1 N–H and O–H groups in total. The molecule has 2 heterocycles. The third-order valence-electron chi connectivity index (χ3n) is 3.99. The number of carbonyl (C=O) groups is 4. The number of imide groups is 1. The highest BCUT2D eigenvalue weighted by molar-refractivity contribution is 6.21. The van der Waals surface area contributed by atoms with Crippen molar-refractivity contribution in [1.29, 1.82) is 5.26 Å². The first-order valence-electron chi connectivity index (χ1n) is 8.34. The summed E-state index contributed by atoms with van der Waals surface area (Å²) >= 11 is 0. The van der Waals surface area contributed by atoms with E-state index in [1.54, 1.807) is 12.1 Å². The predicted octanol–water partition coefficient (Wildman–Crippen LogP) is 1.26. The molecule has 1 aliphatic heterocycles. The number of ether oxygens (including phenoxy) is 1. The van der Waals surface area contributed by atoms with Gasteiger partial charge >= 0.3 is 5.97 Å². The van der Waals surface area contributed by atoms with Gasteiger partial charge in [0.25, 0.3) is 17.7 Å². The molecule has 1 aromatic carbocycles. The number of carbonyl (C=O) groups excluding carboxylic acids is 4. The molecule has 142 valence electrons. The molecule has 0 fully saturated rings. The summed E-state index contributed by atoms with van der Waals surface area (Å²) in [6.45, 7) is -0.366. The van der Waals surface area contributed by atoms with Crippen LogP contribution < -0.4 is 5.32 Å². The molecule has 0 aliphatic carbocycles. The summed E-state index contributed by atoms with van der Waals surface area (Å²) in [7, 11) is 0. The summed E-state index contributed by atoms with van der Waals surface area (Å²) in [5.41, 5.74) is 0.316. The Morgan fingerprint density at radius 1 is 1.18 bits per heavy atom. The number of rotatable bonds is 7. The smallest absolute Gasteiger partial charge is 0.338 e. The SMILES string of the molecule is N#CCCNC(=O)COC(=O)c1ccc2c(c1)C(=O)N(Cc1ccco1)C2=O. The van der Waals surface area contributed by atoms with Crippen molar-refractivity contribution < 1.29 is 28.3 Å². The Balaban J connectivity index is 1.66. The maximum Gasteiger partial charge on any atom is 0.338 e. The van der Waals surface area contributed by atoms with Crippen LogP contribution in [0, 0.1) is 11.3 Å². The number of hydrogen-bond acceptors (Lipinski definition) is 7. The van der Waals surface area contributed by atoms with E-state index in [-0.39, 0.29) is 36.2 Å². The average Bonchev–Trinajstić information content (AvgIpc) is 3.29. The second-order valence-corrected chi connectivity index (χ2v) is 5.87. The lowest BCUT2D eigenvalue weighted by atomic mass is 10.1. The zero-order valence-electron chi connectivity index (χ0n) is 14.6. The van der Waals surface area contributed by atoms with Gasteiger partial charge in [0.2, 0.25) is 0 Å². The second kappa shape index (κ2) is 8.18. The van der Waals surface area contributed by atoms with Crippen molar-refractivity contribution in [2.45, 2.75) is 13.0 Å². The fourth-order valence-electron chi connectivity index (χ4n) is 2.64. The van der Waals surface area contributed by atoms with E-state index in [2.05, 4.69) is 5.32 Å². The van der Waals surface area contributed by atoms with Gasteiger partial charge in [0.15, 0.2) is 6.61 Å². The van der Waals surface area contributed by atoms with E-state index in [9.17, 15) is 19.2 Å². The normalized spacial score (nSPS) is 12.5. The summed E-state index contributed by atoms with van der Waals surface area (Å²) in [6, 6.07) is 9.17. The minimum Gasteiger partial charge on any atom is -0.467 e. The molecular formula is C19H15N3O6. The van der Waals surface area contributed by atoms with Crippen molar-refractivity contribution in [1.82, 2.24) is 10.2 Å². The van der Waals surface area contributed by atoms with Crippen LogP contribution in [0.4, 0.5) is 0 Å². The fourth-order valence-corrected chi connectivity index (χ4v) is 2.64. The van der Waals surface area contributed by atoms with E-state index in [4.69, 9.17) is 14.4 Å². The van der Waals surface area contributed by atoms with Crippen LogP contribution in [0.2, 0.25) is 0 Å². The monoisotopic (exact) mass is 381 g/mol. The summed E-state index contributed by atoms with van der Waals surface area (Å²) in [5.74, 6) is -1.91. The Morgan fingerprint density at radius 3 is 2.68 bits per heavy atom. The Kier molecular flexibility index (Phi) is 5.50. The zero-order valence-corrected chi connectivity index (χ0v) is 14.6. The molecule has 0 spiro atoms. The van der Waals surface area contributed by atoms with Gasteiger partial charge in [0.1, 0.15) is 5.76 Å². The van der Waals surface area contributed by atoms with Crippen molar-refractivity contribution in [3.8, 4) is 6.07 Å². The van der Waals surface area contributed by atoms with Crippen molar-refractivity contribution >= 4 is 23.7 Å². The van der Waals surface area contributed by atoms with E-state index in [0.717, 1.165) is 4.90 Å². The Morgan fingerprint density at radius 2 is 1.96 bits per heavy atom. The van der Waals surface area contributed by atoms with Gasteiger partial charge in [-0.3, -0.25) is 19.3 Å². The molecule has 28 heavy (non-hydrogen) atoms. The van der Waals surface area contributed by atoms with E-state index >= 15 is 0 Å². The Bertz CT molecular complexity index is 974. The molecule has 1 aliphatic rings. The molecule has 0 unspecified atom stereocenters. The molecule has 3 amide bonds. The number of furan rings is 1. The summed E-state index contributed by atoms with van der Waals surface area (Å²) in [4.78, 5) is 49.6. The topological polar surface area (TPSA) is 130 Å². The minimum atomic E-state index is -0.803. The molecule has 3 rings (SSSR count). The quantitative estimate of drug-likeness (QED) is 0.434. The standard InChI is InChI=1S/C19H15N3O6/c20-6-2-7-21-16(23)11-28-19(26)12-4-5-14-15(9-12)18(25)22(17(14)24)10-13-3-1-8-27-13/h1,3-5,8-9H,2,7,10-11H2,(H,21,23). The second-order valence-electron chi connectivity index (χ2n) is 5.87.